The molecule has 1 amide bonds. The van der Waals surface area contributed by atoms with Gasteiger partial charge in [0.1, 0.15) is 5.60 Å². The van der Waals surface area contributed by atoms with Crippen molar-refractivity contribution in [3.8, 4) is 0 Å². The molecule has 0 aromatic heterocycles. The molecule has 0 aromatic rings. The fourth-order valence-electron chi connectivity index (χ4n) is 1.61. The second kappa shape index (κ2) is 8.42. The molecule has 1 unspecified atom stereocenters. The summed E-state index contributed by atoms with van der Waals surface area (Å²) in [6.07, 6.45) is 1.73. The number of carboxylic acid groups (broad SMARTS) is 2. The summed E-state index contributed by atoms with van der Waals surface area (Å²) < 4.78 is 5.29. The topological polar surface area (TPSA) is 142 Å². The molecule has 0 aromatic carbocycles. The maximum Gasteiger partial charge on any atom is 0.414 e. The fraction of sp³-hybridized carbons (Fsp3) is 0.750. The van der Waals surface area contributed by atoms with Crippen molar-refractivity contribution in [3.05, 3.63) is 0 Å². The number of carbonyl (C=O) groups is 3. The molecule has 0 bridgehead atoms. The number of carboxylic acids is 2. The van der Waals surface area contributed by atoms with E-state index in [1.807, 2.05) is 20.8 Å². The van der Waals surface area contributed by atoms with Gasteiger partial charge in [-0.05, 0) is 33.6 Å². The van der Waals surface area contributed by atoms with Gasteiger partial charge in [-0.2, -0.15) is 0 Å². The number of hydrogen-bond acceptors (Lipinski definition) is 6. The van der Waals surface area contributed by atoms with Crippen LogP contribution < -0.4 is 11.3 Å². The molecular formula is C12H23N3O6. The summed E-state index contributed by atoms with van der Waals surface area (Å²) in [6.45, 7) is 6.99. The van der Waals surface area contributed by atoms with Gasteiger partial charge in [-0.15, -0.1) is 0 Å². The number of hydrogen-bond donors (Lipinski definition) is 4. The molecule has 0 saturated carbocycles. The quantitative estimate of drug-likeness (QED) is 0.301. The van der Waals surface area contributed by atoms with Crippen LogP contribution >= 0.6 is 0 Å². The van der Waals surface area contributed by atoms with Crippen molar-refractivity contribution in [2.24, 2.45) is 5.84 Å². The van der Waals surface area contributed by atoms with Crippen molar-refractivity contribution in [1.29, 1.82) is 0 Å². The molecule has 1 fully saturated rings. The zero-order valence-corrected chi connectivity index (χ0v) is 12.5. The number of aliphatic carboxylic acids is 2. The lowest BCUT2D eigenvalue weighted by Gasteiger charge is -2.33. The molecule has 1 saturated heterocycles. The number of nitrogens with zero attached hydrogens (tertiary/aromatic N) is 1. The Labute approximate surface area is 123 Å². The van der Waals surface area contributed by atoms with Crippen molar-refractivity contribution in [2.45, 2.75) is 45.3 Å². The van der Waals surface area contributed by atoms with Crippen LogP contribution in [0.25, 0.3) is 0 Å². The molecule has 0 spiro atoms. The van der Waals surface area contributed by atoms with Gasteiger partial charge in [0.15, 0.2) is 0 Å². The summed E-state index contributed by atoms with van der Waals surface area (Å²) in [7, 11) is 0. The molecule has 122 valence electrons. The highest BCUT2D eigenvalue weighted by atomic mass is 16.6. The first-order chi connectivity index (χ1) is 9.56. The Hall–Kier alpha value is -1.87. The summed E-state index contributed by atoms with van der Waals surface area (Å²) in [4.78, 5) is 31.6. The van der Waals surface area contributed by atoms with Gasteiger partial charge >= 0.3 is 18.0 Å². The number of rotatable bonds is 1. The van der Waals surface area contributed by atoms with E-state index in [4.69, 9.17) is 30.4 Å². The van der Waals surface area contributed by atoms with Gasteiger partial charge < -0.3 is 19.8 Å². The maximum atomic E-state index is 11.7. The van der Waals surface area contributed by atoms with Crippen molar-refractivity contribution in [2.75, 3.05) is 13.1 Å². The summed E-state index contributed by atoms with van der Waals surface area (Å²) in [5.74, 6) is 1.72. The van der Waals surface area contributed by atoms with Gasteiger partial charge in [-0.3, -0.25) is 11.3 Å². The van der Waals surface area contributed by atoms with Gasteiger partial charge in [-0.25, -0.2) is 14.4 Å². The number of piperidine rings is 1. The van der Waals surface area contributed by atoms with E-state index < -0.39 is 17.5 Å². The first-order valence-corrected chi connectivity index (χ1v) is 6.47. The zero-order valence-electron chi connectivity index (χ0n) is 12.5. The van der Waals surface area contributed by atoms with Crippen LogP contribution in [0.2, 0.25) is 0 Å². The first kappa shape index (κ1) is 19.1. The molecule has 1 aliphatic rings. The second-order valence-corrected chi connectivity index (χ2v) is 5.54. The van der Waals surface area contributed by atoms with Crippen LogP contribution in [0.4, 0.5) is 4.79 Å². The van der Waals surface area contributed by atoms with Crippen LogP contribution in [0.15, 0.2) is 0 Å². The third-order valence-electron chi connectivity index (χ3n) is 2.49. The summed E-state index contributed by atoms with van der Waals surface area (Å²) in [6, 6.07) is 0.186. The van der Waals surface area contributed by atoms with Gasteiger partial charge in [0, 0.05) is 19.1 Å². The van der Waals surface area contributed by atoms with Gasteiger partial charge in [0.05, 0.1) is 0 Å². The molecule has 1 atom stereocenters. The molecule has 1 rings (SSSR count). The Morgan fingerprint density at radius 1 is 1.24 bits per heavy atom. The highest BCUT2D eigenvalue weighted by molar-refractivity contribution is 6.27. The highest BCUT2D eigenvalue weighted by Gasteiger charge is 2.26. The molecule has 9 heteroatoms. The van der Waals surface area contributed by atoms with Gasteiger partial charge in [0.25, 0.3) is 0 Å². The van der Waals surface area contributed by atoms with Crippen LogP contribution in [0.5, 0.6) is 0 Å². The third-order valence-corrected chi connectivity index (χ3v) is 2.49. The first-order valence-electron chi connectivity index (χ1n) is 6.47. The molecule has 0 aliphatic carbocycles. The number of hydrazine groups is 1. The van der Waals surface area contributed by atoms with E-state index in [1.165, 1.54) is 0 Å². The molecular weight excluding hydrogens is 282 g/mol. The predicted molar refractivity (Wildman–Crippen MR) is 73.4 cm³/mol. The standard InChI is InChI=1S/C10H21N3O2.C2H2O4/c1-10(2,3)15-9(14)13-6-4-5-8(7-13)12-11;3-1(4)2(5)6/h8,12H,4-7,11H2,1-3H3;(H,3,4)(H,5,6). The van der Waals surface area contributed by atoms with E-state index in [2.05, 4.69) is 5.43 Å². The number of carbonyl (C=O) groups excluding carboxylic acids is 1. The molecule has 9 nitrogen and oxygen atoms in total. The van der Waals surface area contributed by atoms with E-state index in [9.17, 15) is 4.79 Å². The van der Waals surface area contributed by atoms with E-state index in [0.717, 1.165) is 19.4 Å². The largest absolute Gasteiger partial charge is 0.473 e. The Bertz CT molecular complexity index is 368. The lowest BCUT2D eigenvalue weighted by Crippen LogP contribution is -2.51. The number of nitrogens with two attached hydrogens (primary N) is 1. The van der Waals surface area contributed by atoms with Crippen molar-refractivity contribution in [1.82, 2.24) is 10.3 Å². The third kappa shape index (κ3) is 8.82. The van der Waals surface area contributed by atoms with Crippen LogP contribution in [-0.2, 0) is 14.3 Å². The minimum Gasteiger partial charge on any atom is -0.473 e. The Morgan fingerprint density at radius 3 is 2.14 bits per heavy atom. The fourth-order valence-corrected chi connectivity index (χ4v) is 1.61. The van der Waals surface area contributed by atoms with Crippen LogP contribution in [0, 0.1) is 0 Å². The van der Waals surface area contributed by atoms with E-state index >= 15 is 0 Å². The minimum atomic E-state index is -1.82. The lowest BCUT2D eigenvalue weighted by molar-refractivity contribution is -0.159. The Morgan fingerprint density at radius 2 is 1.76 bits per heavy atom. The average Bonchev–Trinajstić information content (AvgIpc) is 2.37. The van der Waals surface area contributed by atoms with Crippen molar-refractivity contribution >= 4 is 18.0 Å². The molecule has 1 aliphatic heterocycles. The van der Waals surface area contributed by atoms with Crippen molar-refractivity contribution in [3.63, 3.8) is 0 Å². The number of ether oxygens (including phenoxy) is 1. The summed E-state index contributed by atoms with van der Waals surface area (Å²) in [5.41, 5.74) is 2.27. The molecule has 0 radical (unpaired) electrons. The minimum absolute atomic E-state index is 0.186. The smallest absolute Gasteiger partial charge is 0.414 e. The number of likely N-dealkylation sites (tertiary alicyclic amines) is 1. The van der Waals surface area contributed by atoms with E-state index in [-0.39, 0.29) is 12.1 Å². The van der Waals surface area contributed by atoms with Gasteiger partial charge in [-0.1, -0.05) is 0 Å². The maximum absolute atomic E-state index is 11.7. The predicted octanol–water partition coefficient (Wildman–Crippen LogP) is 0.00480. The monoisotopic (exact) mass is 305 g/mol. The van der Waals surface area contributed by atoms with Gasteiger partial charge in [0.2, 0.25) is 0 Å². The summed E-state index contributed by atoms with van der Waals surface area (Å²) >= 11 is 0. The summed E-state index contributed by atoms with van der Waals surface area (Å²) in [5, 5.41) is 14.8. The number of nitrogens with one attached hydrogen (secondary N) is 1. The Kier molecular flexibility index (Phi) is 7.67. The second-order valence-electron chi connectivity index (χ2n) is 5.54. The zero-order chi connectivity index (χ0) is 16.6. The highest BCUT2D eigenvalue weighted by Crippen LogP contribution is 2.14. The normalized spacial score (nSPS) is 18.3. The van der Waals surface area contributed by atoms with Crippen LogP contribution in [0.3, 0.4) is 0 Å². The molecule has 5 N–H and O–H groups in total. The molecule has 21 heavy (non-hydrogen) atoms. The Balaban J connectivity index is 0.000000567. The lowest BCUT2D eigenvalue weighted by atomic mass is 10.1. The molecule has 1 heterocycles. The number of amides is 1. The SMILES string of the molecule is CC(C)(C)OC(=O)N1CCCC(NN)C1.O=C(O)C(=O)O. The van der Waals surface area contributed by atoms with Crippen molar-refractivity contribution < 1.29 is 29.3 Å². The van der Waals surface area contributed by atoms with Crippen LogP contribution in [0.1, 0.15) is 33.6 Å². The van der Waals surface area contributed by atoms with E-state index in [1.54, 1.807) is 4.90 Å². The van der Waals surface area contributed by atoms with E-state index in [0.29, 0.717) is 6.54 Å². The average molecular weight is 305 g/mol. The van der Waals surface area contributed by atoms with Crippen LogP contribution in [-0.4, -0.2) is 57.9 Å².